The van der Waals surface area contributed by atoms with Gasteiger partial charge in [0.2, 0.25) is 0 Å². The first kappa shape index (κ1) is 7.36. The van der Waals surface area contributed by atoms with Gasteiger partial charge in [-0.15, -0.1) is 11.6 Å². The van der Waals surface area contributed by atoms with E-state index in [0.717, 1.165) is 0 Å². The van der Waals surface area contributed by atoms with Crippen LogP contribution in [0.25, 0.3) is 0 Å². The molecule has 4 atom stereocenters. The van der Waals surface area contributed by atoms with Gasteiger partial charge in [0.15, 0.2) is 0 Å². The van der Waals surface area contributed by atoms with Crippen LogP contribution in [0, 0.1) is 5.92 Å². The van der Waals surface area contributed by atoms with E-state index < -0.39 is 0 Å². The van der Waals surface area contributed by atoms with Crippen LogP contribution in [-0.4, -0.2) is 17.6 Å². The standard InChI is InChI=1S/C7H13ClO/c1-4-5(2)9-6(3)7(4)8/h4-7H,1-3H3/t4-,5+,6-,7-/m1/s1. The molecule has 0 bridgehead atoms. The molecule has 0 aromatic heterocycles. The van der Waals surface area contributed by atoms with E-state index in [1.54, 1.807) is 0 Å². The Morgan fingerprint density at radius 3 is 1.78 bits per heavy atom. The summed E-state index contributed by atoms with van der Waals surface area (Å²) in [6.45, 7) is 6.23. The van der Waals surface area contributed by atoms with Crippen LogP contribution in [-0.2, 0) is 4.74 Å². The van der Waals surface area contributed by atoms with Crippen molar-refractivity contribution in [2.75, 3.05) is 0 Å². The van der Waals surface area contributed by atoms with Gasteiger partial charge in [-0.3, -0.25) is 0 Å². The molecule has 1 aliphatic rings. The molecule has 0 aliphatic carbocycles. The normalized spacial score (nSPS) is 52.0. The Bertz CT molecular complexity index is 93.1. The van der Waals surface area contributed by atoms with E-state index in [4.69, 9.17) is 16.3 Å². The van der Waals surface area contributed by atoms with Crippen molar-refractivity contribution in [3.05, 3.63) is 0 Å². The second-order valence-corrected chi connectivity index (χ2v) is 3.35. The number of ether oxygens (including phenoxy) is 1. The number of alkyl halides is 1. The van der Waals surface area contributed by atoms with E-state index in [1.807, 2.05) is 6.92 Å². The van der Waals surface area contributed by atoms with E-state index in [2.05, 4.69) is 13.8 Å². The molecule has 0 unspecified atom stereocenters. The van der Waals surface area contributed by atoms with E-state index in [1.165, 1.54) is 0 Å². The van der Waals surface area contributed by atoms with Crippen molar-refractivity contribution in [2.45, 2.75) is 38.4 Å². The summed E-state index contributed by atoms with van der Waals surface area (Å²) in [7, 11) is 0. The summed E-state index contributed by atoms with van der Waals surface area (Å²) in [4.78, 5) is 0. The highest BCUT2D eigenvalue weighted by molar-refractivity contribution is 6.21. The molecule has 1 nitrogen and oxygen atoms in total. The van der Waals surface area contributed by atoms with Crippen LogP contribution in [0.4, 0.5) is 0 Å². The van der Waals surface area contributed by atoms with Crippen molar-refractivity contribution in [1.82, 2.24) is 0 Å². The van der Waals surface area contributed by atoms with Crippen molar-refractivity contribution >= 4 is 11.6 Å². The fraction of sp³-hybridized carbons (Fsp3) is 1.00. The number of rotatable bonds is 0. The van der Waals surface area contributed by atoms with Crippen LogP contribution in [0.1, 0.15) is 20.8 Å². The molecule has 1 rings (SSSR count). The SMILES string of the molecule is C[C@H]1[C@@H](Cl)[C@@H](C)O[C@H]1C. The van der Waals surface area contributed by atoms with Crippen LogP contribution in [0.3, 0.4) is 0 Å². The largest absolute Gasteiger partial charge is 0.374 e. The van der Waals surface area contributed by atoms with Crippen molar-refractivity contribution in [2.24, 2.45) is 5.92 Å². The first-order chi connectivity index (χ1) is 4.13. The molecule has 0 radical (unpaired) electrons. The van der Waals surface area contributed by atoms with Gasteiger partial charge in [0.25, 0.3) is 0 Å². The highest BCUT2D eigenvalue weighted by Crippen LogP contribution is 2.29. The molecule has 0 spiro atoms. The molecule has 54 valence electrons. The summed E-state index contributed by atoms with van der Waals surface area (Å²) >= 11 is 5.98. The molecule has 2 heteroatoms. The zero-order valence-electron chi connectivity index (χ0n) is 6.10. The maximum Gasteiger partial charge on any atom is 0.0717 e. The fourth-order valence-electron chi connectivity index (χ4n) is 1.22. The Hall–Kier alpha value is 0.250. The van der Waals surface area contributed by atoms with Crippen molar-refractivity contribution < 1.29 is 4.74 Å². The monoisotopic (exact) mass is 148 g/mol. The van der Waals surface area contributed by atoms with Gasteiger partial charge in [0, 0.05) is 5.92 Å². The third-order valence-corrected chi connectivity index (χ3v) is 2.87. The summed E-state index contributed by atoms with van der Waals surface area (Å²) in [6.07, 6.45) is 0.569. The van der Waals surface area contributed by atoms with Gasteiger partial charge in [-0.1, -0.05) is 6.92 Å². The van der Waals surface area contributed by atoms with Gasteiger partial charge < -0.3 is 4.74 Å². The summed E-state index contributed by atoms with van der Waals surface area (Å²) in [5.74, 6) is 0.502. The molecule has 9 heavy (non-hydrogen) atoms. The molecule has 0 saturated carbocycles. The zero-order valence-corrected chi connectivity index (χ0v) is 6.85. The van der Waals surface area contributed by atoms with Crippen LogP contribution < -0.4 is 0 Å². The Morgan fingerprint density at radius 1 is 1.11 bits per heavy atom. The lowest BCUT2D eigenvalue weighted by Crippen LogP contribution is -2.16. The minimum atomic E-state index is 0.208. The number of halogens is 1. The zero-order chi connectivity index (χ0) is 7.02. The lowest BCUT2D eigenvalue weighted by Gasteiger charge is -2.08. The second-order valence-electron chi connectivity index (χ2n) is 2.85. The Morgan fingerprint density at radius 2 is 1.67 bits per heavy atom. The molecular weight excluding hydrogens is 136 g/mol. The minimum absolute atomic E-state index is 0.208. The van der Waals surface area contributed by atoms with Gasteiger partial charge in [-0.2, -0.15) is 0 Å². The predicted octanol–water partition coefficient (Wildman–Crippen LogP) is 2.04. The summed E-state index contributed by atoms with van der Waals surface area (Å²) in [5, 5.41) is 0.208. The van der Waals surface area contributed by atoms with Crippen LogP contribution in [0.5, 0.6) is 0 Å². The van der Waals surface area contributed by atoms with Crippen molar-refractivity contribution in [3.63, 3.8) is 0 Å². The molecule has 1 heterocycles. The maximum absolute atomic E-state index is 5.98. The topological polar surface area (TPSA) is 9.23 Å². The minimum Gasteiger partial charge on any atom is -0.374 e. The highest BCUT2D eigenvalue weighted by Gasteiger charge is 2.34. The Kier molecular flexibility index (Phi) is 2.02. The summed E-state index contributed by atoms with van der Waals surface area (Å²) in [6, 6.07) is 0. The number of hydrogen-bond acceptors (Lipinski definition) is 1. The molecule has 0 amide bonds. The first-order valence-electron chi connectivity index (χ1n) is 3.42. The number of hydrogen-bond donors (Lipinski definition) is 0. The smallest absolute Gasteiger partial charge is 0.0717 e. The van der Waals surface area contributed by atoms with E-state index in [0.29, 0.717) is 12.0 Å². The third-order valence-electron chi connectivity index (χ3n) is 2.12. The quantitative estimate of drug-likeness (QED) is 0.478. The Labute approximate surface area is 61.3 Å². The second kappa shape index (κ2) is 2.47. The molecule has 0 N–H and O–H groups in total. The lowest BCUT2D eigenvalue weighted by molar-refractivity contribution is 0.0584. The summed E-state index contributed by atoms with van der Waals surface area (Å²) in [5.41, 5.74) is 0. The van der Waals surface area contributed by atoms with E-state index >= 15 is 0 Å². The molecule has 1 fully saturated rings. The molecule has 0 aromatic carbocycles. The van der Waals surface area contributed by atoms with Gasteiger partial charge in [0.1, 0.15) is 0 Å². The van der Waals surface area contributed by atoms with Crippen LogP contribution in [0.2, 0.25) is 0 Å². The van der Waals surface area contributed by atoms with E-state index in [9.17, 15) is 0 Å². The van der Waals surface area contributed by atoms with Crippen LogP contribution >= 0.6 is 11.6 Å². The summed E-state index contributed by atoms with van der Waals surface area (Å²) < 4.78 is 5.45. The third kappa shape index (κ3) is 1.22. The Balaban J connectivity index is 2.54. The van der Waals surface area contributed by atoms with Gasteiger partial charge in [-0.05, 0) is 13.8 Å². The van der Waals surface area contributed by atoms with Crippen molar-refractivity contribution in [3.8, 4) is 0 Å². The maximum atomic E-state index is 5.98. The molecule has 1 saturated heterocycles. The van der Waals surface area contributed by atoms with Gasteiger partial charge >= 0.3 is 0 Å². The van der Waals surface area contributed by atoms with Gasteiger partial charge in [-0.25, -0.2) is 0 Å². The molecule has 1 aliphatic heterocycles. The fourth-order valence-corrected chi connectivity index (χ4v) is 1.49. The first-order valence-corrected chi connectivity index (χ1v) is 3.86. The van der Waals surface area contributed by atoms with Crippen LogP contribution in [0.15, 0.2) is 0 Å². The molecular formula is C7H13ClO. The van der Waals surface area contributed by atoms with E-state index in [-0.39, 0.29) is 11.5 Å². The van der Waals surface area contributed by atoms with Gasteiger partial charge in [0.05, 0.1) is 17.6 Å². The average molecular weight is 149 g/mol. The predicted molar refractivity (Wildman–Crippen MR) is 38.8 cm³/mol. The lowest BCUT2D eigenvalue weighted by atomic mass is 10.0. The highest BCUT2D eigenvalue weighted by atomic mass is 35.5. The molecule has 0 aromatic rings. The average Bonchev–Trinajstić information content (AvgIpc) is 1.98. The van der Waals surface area contributed by atoms with Crippen molar-refractivity contribution in [1.29, 1.82) is 0 Å².